The van der Waals surface area contributed by atoms with Crippen molar-refractivity contribution in [1.82, 2.24) is 10.6 Å². The molecule has 0 saturated heterocycles. The molecule has 0 aromatic carbocycles. The lowest BCUT2D eigenvalue weighted by Gasteiger charge is -2.27. The van der Waals surface area contributed by atoms with E-state index in [4.69, 9.17) is 0 Å². The number of aliphatic imine (C=N–C) groups is 1. The Morgan fingerprint density at radius 1 is 1.27 bits per heavy atom. The van der Waals surface area contributed by atoms with Crippen molar-refractivity contribution in [2.45, 2.75) is 57.6 Å². The van der Waals surface area contributed by atoms with Crippen molar-refractivity contribution in [3.05, 3.63) is 0 Å². The molecule has 2 aliphatic carbocycles. The number of rotatable bonds is 6. The fourth-order valence-corrected chi connectivity index (χ4v) is 4.55. The molecule has 0 unspecified atom stereocenters. The molecule has 22 heavy (non-hydrogen) atoms. The maximum atomic E-state index is 11.5. The normalized spacial score (nSPS) is 28.2. The lowest BCUT2D eigenvalue weighted by Crippen LogP contribution is -2.45. The third kappa shape index (κ3) is 5.76. The molecule has 2 saturated carbocycles. The molecule has 0 aromatic heterocycles. The molecule has 0 amide bonds. The molecule has 2 aliphatic rings. The van der Waals surface area contributed by atoms with Crippen LogP contribution in [-0.4, -0.2) is 56.7 Å². The molecule has 0 bridgehead atoms. The van der Waals surface area contributed by atoms with Crippen LogP contribution in [0.15, 0.2) is 4.99 Å². The quantitative estimate of drug-likeness (QED) is 0.491. The van der Waals surface area contributed by atoms with Crippen LogP contribution in [0.25, 0.3) is 0 Å². The molecule has 0 atom stereocenters. The number of nitrogens with one attached hydrogen (secondary N) is 2. The summed E-state index contributed by atoms with van der Waals surface area (Å²) in [6, 6.07) is 0.339. The van der Waals surface area contributed by atoms with Gasteiger partial charge in [0.05, 0.1) is 11.9 Å². The summed E-state index contributed by atoms with van der Waals surface area (Å²) in [4.78, 5) is 4.61. The Hall–Kier alpha value is -0.820. The molecular formula is C15H29N3O3S. The maximum Gasteiger partial charge on any atom is 0.191 e. The average molecular weight is 331 g/mol. The molecule has 0 heterocycles. The smallest absolute Gasteiger partial charge is 0.191 e. The molecule has 6 nitrogen and oxygen atoms in total. The standard InChI is InChI=1S/C15H29N3O3S/c1-3-16-14(18-12-4-6-13(19)7-5-12)17-10-15(8-9-15)11-22(2,20)21/h12-13,19H,3-11H2,1-2H3,(H2,16,17,18). The van der Waals surface area contributed by atoms with Crippen molar-refractivity contribution in [3.63, 3.8) is 0 Å². The number of guanidine groups is 1. The van der Waals surface area contributed by atoms with E-state index in [1.807, 2.05) is 6.92 Å². The second-order valence-corrected chi connectivity index (χ2v) is 9.06. The summed E-state index contributed by atoms with van der Waals surface area (Å²) in [6.45, 7) is 3.36. The number of sulfone groups is 1. The van der Waals surface area contributed by atoms with Crippen LogP contribution in [0, 0.1) is 5.41 Å². The van der Waals surface area contributed by atoms with E-state index < -0.39 is 9.84 Å². The zero-order valence-corrected chi connectivity index (χ0v) is 14.5. The lowest BCUT2D eigenvalue weighted by atomic mass is 9.93. The van der Waals surface area contributed by atoms with Gasteiger partial charge in [0.15, 0.2) is 5.96 Å². The van der Waals surface area contributed by atoms with E-state index in [-0.39, 0.29) is 17.3 Å². The van der Waals surface area contributed by atoms with E-state index in [1.54, 1.807) is 0 Å². The van der Waals surface area contributed by atoms with Crippen LogP contribution in [0.4, 0.5) is 0 Å². The Kier molecular flexibility index (Phi) is 5.71. The van der Waals surface area contributed by atoms with Crippen LogP contribution < -0.4 is 10.6 Å². The van der Waals surface area contributed by atoms with Gasteiger partial charge in [-0.05, 0) is 45.4 Å². The predicted octanol–water partition coefficient (Wildman–Crippen LogP) is 0.670. The maximum absolute atomic E-state index is 11.5. The molecule has 2 fully saturated rings. The van der Waals surface area contributed by atoms with Crippen molar-refractivity contribution in [2.75, 3.05) is 25.1 Å². The Labute approximate surface area is 133 Å². The van der Waals surface area contributed by atoms with E-state index in [1.165, 1.54) is 6.26 Å². The SMILES string of the molecule is CCNC(=NCC1(CS(C)(=O)=O)CC1)NC1CCC(O)CC1. The van der Waals surface area contributed by atoms with Gasteiger partial charge in [0, 0.05) is 30.8 Å². The minimum atomic E-state index is -2.95. The summed E-state index contributed by atoms with van der Waals surface area (Å²) in [6.07, 6.45) is 6.57. The minimum absolute atomic E-state index is 0.140. The summed E-state index contributed by atoms with van der Waals surface area (Å²) in [5, 5.41) is 16.2. The number of hydrogen-bond acceptors (Lipinski definition) is 4. The minimum Gasteiger partial charge on any atom is -0.393 e. The van der Waals surface area contributed by atoms with Crippen LogP contribution in [0.1, 0.15) is 45.4 Å². The zero-order chi connectivity index (χ0) is 16.2. The Morgan fingerprint density at radius 2 is 1.91 bits per heavy atom. The third-order valence-electron chi connectivity index (χ3n) is 4.48. The monoisotopic (exact) mass is 331 g/mol. The second kappa shape index (κ2) is 7.17. The Morgan fingerprint density at radius 3 is 2.41 bits per heavy atom. The van der Waals surface area contributed by atoms with Gasteiger partial charge in [-0.25, -0.2) is 8.42 Å². The summed E-state index contributed by atoms with van der Waals surface area (Å²) < 4.78 is 23.0. The van der Waals surface area contributed by atoms with Crippen LogP contribution in [-0.2, 0) is 9.84 Å². The highest BCUT2D eigenvalue weighted by Crippen LogP contribution is 2.46. The second-order valence-electron chi connectivity index (χ2n) is 6.92. The summed E-state index contributed by atoms with van der Waals surface area (Å²) in [5.74, 6) is 1.00. The van der Waals surface area contributed by atoms with E-state index in [0.717, 1.165) is 51.0 Å². The molecular weight excluding hydrogens is 302 g/mol. The van der Waals surface area contributed by atoms with Gasteiger partial charge in [-0.1, -0.05) is 0 Å². The van der Waals surface area contributed by atoms with Gasteiger partial charge >= 0.3 is 0 Å². The average Bonchev–Trinajstić information content (AvgIpc) is 3.17. The first kappa shape index (κ1) is 17.5. The van der Waals surface area contributed by atoms with Crippen molar-refractivity contribution >= 4 is 15.8 Å². The van der Waals surface area contributed by atoms with Crippen LogP contribution in [0.5, 0.6) is 0 Å². The summed E-state index contributed by atoms with van der Waals surface area (Å²) >= 11 is 0. The van der Waals surface area contributed by atoms with Crippen molar-refractivity contribution in [2.24, 2.45) is 10.4 Å². The number of aliphatic hydroxyl groups is 1. The van der Waals surface area contributed by atoms with Crippen LogP contribution in [0.3, 0.4) is 0 Å². The lowest BCUT2D eigenvalue weighted by molar-refractivity contribution is 0.120. The molecule has 0 aromatic rings. The highest BCUT2D eigenvalue weighted by atomic mass is 32.2. The fourth-order valence-electron chi connectivity index (χ4n) is 3.06. The number of aliphatic hydroxyl groups excluding tert-OH is 1. The van der Waals surface area contributed by atoms with Gasteiger partial charge in [-0.2, -0.15) is 0 Å². The van der Waals surface area contributed by atoms with Gasteiger partial charge in [0.1, 0.15) is 9.84 Å². The molecule has 0 aliphatic heterocycles. The highest BCUT2D eigenvalue weighted by Gasteiger charge is 2.45. The topological polar surface area (TPSA) is 90.8 Å². The third-order valence-corrected chi connectivity index (χ3v) is 5.62. The first-order chi connectivity index (χ1) is 10.3. The predicted molar refractivity (Wildman–Crippen MR) is 88.8 cm³/mol. The Bertz CT molecular complexity index is 492. The van der Waals surface area contributed by atoms with Gasteiger partial charge in [0.25, 0.3) is 0 Å². The van der Waals surface area contributed by atoms with Crippen LogP contribution in [0.2, 0.25) is 0 Å². The van der Waals surface area contributed by atoms with E-state index in [9.17, 15) is 13.5 Å². The highest BCUT2D eigenvalue weighted by molar-refractivity contribution is 7.90. The molecule has 3 N–H and O–H groups in total. The number of nitrogens with zero attached hydrogens (tertiary/aromatic N) is 1. The van der Waals surface area contributed by atoms with Gasteiger partial charge in [-0.3, -0.25) is 4.99 Å². The van der Waals surface area contributed by atoms with E-state index in [0.29, 0.717) is 12.6 Å². The summed E-state index contributed by atoms with van der Waals surface area (Å²) in [5.41, 5.74) is -0.140. The molecule has 0 spiro atoms. The first-order valence-electron chi connectivity index (χ1n) is 8.22. The Balaban J connectivity index is 1.90. The van der Waals surface area contributed by atoms with Gasteiger partial charge in [0.2, 0.25) is 0 Å². The zero-order valence-electron chi connectivity index (χ0n) is 13.6. The largest absolute Gasteiger partial charge is 0.393 e. The summed E-state index contributed by atoms with van der Waals surface area (Å²) in [7, 11) is -2.95. The molecule has 128 valence electrons. The molecule has 2 rings (SSSR count). The number of hydrogen-bond donors (Lipinski definition) is 3. The molecule has 7 heteroatoms. The van der Waals surface area contributed by atoms with Crippen molar-refractivity contribution in [1.29, 1.82) is 0 Å². The first-order valence-corrected chi connectivity index (χ1v) is 10.3. The van der Waals surface area contributed by atoms with Gasteiger partial charge < -0.3 is 15.7 Å². The van der Waals surface area contributed by atoms with E-state index in [2.05, 4.69) is 15.6 Å². The fraction of sp³-hybridized carbons (Fsp3) is 0.933. The van der Waals surface area contributed by atoms with Gasteiger partial charge in [-0.15, -0.1) is 0 Å². The van der Waals surface area contributed by atoms with Crippen molar-refractivity contribution in [3.8, 4) is 0 Å². The van der Waals surface area contributed by atoms with Crippen LogP contribution >= 0.6 is 0 Å². The molecule has 0 radical (unpaired) electrons. The van der Waals surface area contributed by atoms with E-state index >= 15 is 0 Å². The van der Waals surface area contributed by atoms with Crippen molar-refractivity contribution < 1.29 is 13.5 Å².